The molecule has 0 fully saturated rings. The molecule has 5 nitrogen and oxygen atoms in total. The molecule has 0 unspecified atom stereocenters. The Morgan fingerprint density at radius 3 is 2.58 bits per heavy atom. The van der Waals surface area contributed by atoms with Crippen molar-refractivity contribution in [3.63, 3.8) is 0 Å². The number of anilines is 2. The van der Waals surface area contributed by atoms with E-state index in [0.717, 1.165) is 23.6 Å². The highest BCUT2D eigenvalue weighted by atomic mass is 16.5. The van der Waals surface area contributed by atoms with Crippen molar-refractivity contribution in [2.45, 2.75) is 20.3 Å². The summed E-state index contributed by atoms with van der Waals surface area (Å²) in [6, 6.07) is 7.42. The minimum Gasteiger partial charge on any atom is -0.497 e. The molecular weight excluding hydrogens is 242 g/mol. The molecule has 2 aromatic rings. The van der Waals surface area contributed by atoms with E-state index >= 15 is 0 Å². The number of nitrogens with zero attached hydrogens (tertiary/aromatic N) is 1. The number of H-pyrrole nitrogens is 1. The molecule has 0 saturated carbocycles. The molecule has 100 valence electrons. The van der Waals surface area contributed by atoms with Crippen molar-refractivity contribution in [2.75, 3.05) is 12.4 Å². The van der Waals surface area contributed by atoms with E-state index in [1.807, 2.05) is 31.2 Å². The maximum absolute atomic E-state index is 11.8. The summed E-state index contributed by atoms with van der Waals surface area (Å²) >= 11 is 0. The van der Waals surface area contributed by atoms with Crippen LogP contribution in [0, 0.1) is 6.92 Å². The molecule has 0 aliphatic heterocycles. The Kier molecular flexibility index (Phi) is 3.85. The second kappa shape index (κ2) is 5.56. The Morgan fingerprint density at radius 2 is 2.00 bits per heavy atom. The maximum Gasteiger partial charge on any atom is 0.255 e. The van der Waals surface area contributed by atoms with Gasteiger partial charge in [0.2, 0.25) is 5.95 Å². The quantitative estimate of drug-likeness (QED) is 0.884. The van der Waals surface area contributed by atoms with Crippen LogP contribution in [0.4, 0.5) is 11.6 Å². The topological polar surface area (TPSA) is 67.0 Å². The maximum atomic E-state index is 11.8. The van der Waals surface area contributed by atoms with Gasteiger partial charge in [-0.3, -0.25) is 9.78 Å². The summed E-state index contributed by atoms with van der Waals surface area (Å²) in [7, 11) is 1.62. The van der Waals surface area contributed by atoms with E-state index in [-0.39, 0.29) is 5.56 Å². The molecule has 0 aliphatic carbocycles. The first-order valence-electron chi connectivity index (χ1n) is 6.15. The van der Waals surface area contributed by atoms with Crippen LogP contribution in [0.1, 0.15) is 18.2 Å². The molecule has 0 aliphatic rings. The second-order valence-electron chi connectivity index (χ2n) is 4.19. The first-order valence-corrected chi connectivity index (χ1v) is 6.15. The Balaban J connectivity index is 2.27. The second-order valence-corrected chi connectivity index (χ2v) is 4.19. The predicted molar refractivity (Wildman–Crippen MR) is 75.2 cm³/mol. The average Bonchev–Trinajstić information content (AvgIpc) is 2.43. The number of ether oxygens (including phenoxy) is 1. The molecule has 0 amide bonds. The van der Waals surface area contributed by atoms with Crippen molar-refractivity contribution >= 4 is 11.6 Å². The smallest absolute Gasteiger partial charge is 0.255 e. The van der Waals surface area contributed by atoms with E-state index < -0.39 is 0 Å². The largest absolute Gasteiger partial charge is 0.497 e. The molecule has 0 radical (unpaired) electrons. The Bertz CT molecular complexity index is 618. The Morgan fingerprint density at radius 1 is 1.32 bits per heavy atom. The summed E-state index contributed by atoms with van der Waals surface area (Å²) in [5.74, 6) is 1.24. The van der Waals surface area contributed by atoms with Gasteiger partial charge in [0.05, 0.1) is 12.8 Å². The van der Waals surface area contributed by atoms with Gasteiger partial charge in [0.25, 0.3) is 5.56 Å². The molecule has 2 N–H and O–H groups in total. The number of methoxy groups -OCH3 is 1. The Labute approximate surface area is 111 Å². The van der Waals surface area contributed by atoms with Gasteiger partial charge in [-0.2, -0.15) is 0 Å². The van der Waals surface area contributed by atoms with Crippen LogP contribution < -0.4 is 15.6 Å². The van der Waals surface area contributed by atoms with Crippen LogP contribution in [0.2, 0.25) is 0 Å². The predicted octanol–water partition coefficient (Wildman–Crippen LogP) is 2.39. The average molecular weight is 259 g/mol. The van der Waals surface area contributed by atoms with Crippen molar-refractivity contribution < 1.29 is 4.74 Å². The van der Waals surface area contributed by atoms with Gasteiger partial charge >= 0.3 is 0 Å². The van der Waals surface area contributed by atoms with Crippen LogP contribution in [-0.4, -0.2) is 17.1 Å². The summed E-state index contributed by atoms with van der Waals surface area (Å²) in [5, 5.41) is 3.08. The molecule has 0 saturated heterocycles. The molecule has 1 aromatic carbocycles. The zero-order valence-corrected chi connectivity index (χ0v) is 11.3. The van der Waals surface area contributed by atoms with E-state index in [4.69, 9.17) is 4.74 Å². The number of aromatic amines is 1. The van der Waals surface area contributed by atoms with Gasteiger partial charge < -0.3 is 10.1 Å². The first kappa shape index (κ1) is 13.1. The lowest BCUT2D eigenvalue weighted by Crippen LogP contribution is -2.16. The zero-order chi connectivity index (χ0) is 13.8. The molecule has 5 heteroatoms. The fourth-order valence-corrected chi connectivity index (χ4v) is 1.79. The minimum atomic E-state index is -0.108. The number of nitrogens with one attached hydrogen (secondary N) is 2. The van der Waals surface area contributed by atoms with Gasteiger partial charge in [0.1, 0.15) is 5.75 Å². The van der Waals surface area contributed by atoms with Crippen molar-refractivity contribution in [1.29, 1.82) is 0 Å². The van der Waals surface area contributed by atoms with Crippen LogP contribution in [0.3, 0.4) is 0 Å². The fraction of sp³-hybridized carbons (Fsp3) is 0.286. The number of hydrogen-bond donors (Lipinski definition) is 2. The third-order valence-corrected chi connectivity index (χ3v) is 2.94. The van der Waals surface area contributed by atoms with E-state index in [1.165, 1.54) is 0 Å². The summed E-state index contributed by atoms with van der Waals surface area (Å²) in [5.41, 5.74) is 2.21. The van der Waals surface area contributed by atoms with Crippen LogP contribution in [0.25, 0.3) is 0 Å². The SMILES string of the molecule is CCc1nc(Nc2ccc(OC)cc2)[nH]c(=O)c1C. The van der Waals surface area contributed by atoms with Gasteiger partial charge in [0, 0.05) is 11.3 Å². The molecule has 19 heavy (non-hydrogen) atoms. The number of benzene rings is 1. The highest BCUT2D eigenvalue weighted by Gasteiger charge is 2.06. The van der Waals surface area contributed by atoms with Crippen molar-refractivity contribution in [2.24, 2.45) is 0 Å². The van der Waals surface area contributed by atoms with Gasteiger partial charge in [-0.1, -0.05) is 6.92 Å². The lowest BCUT2D eigenvalue weighted by molar-refractivity contribution is 0.415. The number of hydrogen-bond acceptors (Lipinski definition) is 4. The summed E-state index contributed by atoms with van der Waals surface area (Å²) in [6.45, 7) is 3.76. The standard InChI is InChI=1S/C14H17N3O2/c1-4-12-9(2)13(18)17-14(16-12)15-10-5-7-11(19-3)8-6-10/h5-8H,4H2,1-3H3,(H2,15,16,17,18). The molecule has 2 rings (SSSR count). The first-order chi connectivity index (χ1) is 9.13. The summed E-state index contributed by atoms with van der Waals surface area (Å²) < 4.78 is 5.09. The third-order valence-electron chi connectivity index (χ3n) is 2.94. The number of aromatic nitrogens is 2. The Hall–Kier alpha value is -2.30. The zero-order valence-electron chi connectivity index (χ0n) is 11.3. The van der Waals surface area contributed by atoms with Crippen molar-refractivity contribution in [3.8, 4) is 5.75 Å². The van der Waals surface area contributed by atoms with E-state index in [1.54, 1.807) is 14.0 Å². The third kappa shape index (κ3) is 2.93. The lowest BCUT2D eigenvalue weighted by Gasteiger charge is -2.08. The van der Waals surface area contributed by atoms with Crippen LogP contribution >= 0.6 is 0 Å². The normalized spacial score (nSPS) is 10.3. The summed E-state index contributed by atoms with van der Waals surface area (Å²) in [6.07, 6.45) is 0.729. The van der Waals surface area contributed by atoms with Gasteiger partial charge in [-0.05, 0) is 37.6 Å². The molecule has 1 heterocycles. The highest BCUT2D eigenvalue weighted by Crippen LogP contribution is 2.17. The van der Waals surface area contributed by atoms with Crippen molar-refractivity contribution in [1.82, 2.24) is 9.97 Å². The summed E-state index contributed by atoms with van der Waals surface area (Å²) in [4.78, 5) is 18.9. The monoisotopic (exact) mass is 259 g/mol. The van der Waals surface area contributed by atoms with Gasteiger partial charge in [-0.15, -0.1) is 0 Å². The van der Waals surface area contributed by atoms with Crippen LogP contribution in [-0.2, 0) is 6.42 Å². The van der Waals surface area contributed by atoms with E-state index in [9.17, 15) is 4.79 Å². The highest BCUT2D eigenvalue weighted by molar-refractivity contribution is 5.54. The molecular formula is C14H17N3O2. The lowest BCUT2D eigenvalue weighted by atomic mass is 10.2. The van der Waals surface area contributed by atoms with E-state index in [2.05, 4.69) is 15.3 Å². The fourth-order valence-electron chi connectivity index (χ4n) is 1.79. The number of aryl methyl sites for hydroxylation is 1. The van der Waals surface area contributed by atoms with E-state index in [0.29, 0.717) is 11.5 Å². The molecule has 1 aromatic heterocycles. The molecule has 0 bridgehead atoms. The van der Waals surface area contributed by atoms with Gasteiger partial charge in [-0.25, -0.2) is 4.98 Å². The van der Waals surface area contributed by atoms with Crippen LogP contribution in [0.15, 0.2) is 29.1 Å². The van der Waals surface area contributed by atoms with Gasteiger partial charge in [0.15, 0.2) is 0 Å². The minimum absolute atomic E-state index is 0.108. The van der Waals surface area contributed by atoms with Crippen molar-refractivity contribution in [3.05, 3.63) is 45.9 Å². The van der Waals surface area contributed by atoms with Crippen LogP contribution in [0.5, 0.6) is 5.75 Å². The number of rotatable bonds is 4. The molecule has 0 spiro atoms. The molecule has 0 atom stereocenters.